The van der Waals surface area contributed by atoms with E-state index in [2.05, 4.69) is 28.7 Å². The average molecular weight is 422 g/mol. The van der Waals surface area contributed by atoms with Crippen LogP contribution in [-0.2, 0) is 11.2 Å². The van der Waals surface area contributed by atoms with Gasteiger partial charge in [0.15, 0.2) is 0 Å². The molecule has 0 radical (unpaired) electrons. The molecule has 0 bridgehead atoms. The Hall–Kier alpha value is -3.76. The number of aromatic nitrogens is 5. The van der Waals surface area contributed by atoms with Gasteiger partial charge in [-0.3, -0.25) is 4.98 Å². The summed E-state index contributed by atoms with van der Waals surface area (Å²) in [7, 11) is 0. The molecular weight excluding hydrogens is 400 g/mol. The highest BCUT2D eigenvalue weighted by atomic mass is 16.5. The van der Waals surface area contributed by atoms with Crippen LogP contribution in [0.1, 0.15) is 42.9 Å². The molecule has 4 aromatic heterocycles. The van der Waals surface area contributed by atoms with Crippen molar-refractivity contribution in [3.05, 3.63) is 72.1 Å². The Balaban J connectivity index is 1.57. The lowest BCUT2D eigenvalue weighted by atomic mass is 10.0. The lowest BCUT2D eigenvalue weighted by Crippen LogP contribution is -2.26. The van der Waals surface area contributed by atoms with Gasteiger partial charge in [-0.05, 0) is 50.1 Å². The van der Waals surface area contributed by atoms with Gasteiger partial charge in [0.05, 0.1) is 40.7 Å². The van der Waals surface area contributed by atoms with E-state index in [0.717, 1.165) is 58.6 Å². The summed E-state index contributed by atoms with van der Waals surface area (Å²) in [5.74, 6) is 0.971. The second-order valence-electron chi connectivity index (χ2n) is 8.47. The number of hydrogen-bond acceptors (Lipinski definition) is 5. The van der Waals surface area contributed by atoms with Gasteiger partial charge >= 0.3 is 0 Å². The van der Waals surface area contributed by atoms with Gasteiger partial charge in [0.25, 0.3) is 0 Å². The second kappa shape index (κ2) is 7.43. The average Bonchev–Trinajstić information content (AvgIpc) is 3.39. The van der Waals surface area contributed by atoms with Gasteiger partial charge in [0.2, 0.25) is 0 Å². The number of benzene rings is 1. The maximum atomic E-state index is 9.47. The van der Waals surface area contributed by atoms with Gasteiger partial charge in [-0.2, -0.15) is 5.26 Å². The topological polar surface area (TPSA) is 81.0 Å². The maximum absolute atomic E-state index is 9.47. The zero-order valence-corrected chi connectivity index (χ0v) is 17.8. The fraction of sp³-hybridized carbons (Fsp3) is 0.280. The van der Waals surface area contributed by atoms with Crippen LogP contribution in [0.4, 0.5) is 0 Å². The summed E-state index contributed by atoms with van der Waals surface area (Å²) in [6, 6.07) is 14.2. The predicted molar refractivity (Wildman–Crippen MR) is 121 cm³/mol. The standard InChI is InChI=1S/C25H22N6O/c1-16-10-19(7-9-32-16)31-24(12-18-15-30-8-3-2-4-23(30)28-18)29-22-14-27-21-6-5-17(13-26)11-20(21)25(22)31/h2-6,8,11,14-16,19H,7,9-10,12H2,1H3/t16-,19-/m1/s1. The lowest BCUT2D eigenvalue weighted by molar-refractivity contribution is 0.00631. The number of imidazole rings is 2. The van der Waals surface area contributed by atoms with Gasteiger partial charge in [0.1, 0.15) is 17.0 Å². The predicted octanol–water partition coefficient (Wildman–Crippen LogP) is 4.43. The summed E-state index contributed by atoms with van der Waals surface area (Å²) < 4.78 is 10.2. The van der Waals surface area contributed by atoms with E-state index < -0.39 is 0 Å². The summed E-state index contributed by atoms with van der Waals surface area (Å²) in [5.41, 5.74) is 5.30. The van der Waals surface area contributed by atoms with Crippen LogP contribution in [0.2, 0.25) is 0 Å². The van der Waals surface area contributed by atoms with Crippen molar-refractivity contribution in [2.45, 2.75) is 38.3 Å². The van der Waals surface area contributed by atoms with Gasteiger partial charge < -0.3 is 13.7 Å². The molecule has 6 rings (SSSR count). The van der Waals surface area contributed by atoms with Crippen molar-refractivity contribution in [3.8, 4) is 6.07 Å². The summed E-state index contributed by atoms with van der Waals surface area (Å²) in [6.45, 7) is 2.85. The van der Waals surface area contributed by atoms with Gasteiger partial charge in [-0.15, -0.1) is 0 Å². The number of hydrogen-bond donors (Lipinski definition) is 0. The molecule has 0 unspecified atom stereocenters. The first kappa shape index (κ1) is 19.0. The molecule has 0 amide bonds. The van der Waals surface area contributed by atoms with E-state index in [4.69, 9.17) is 14.7 Å². The molecule has 1 fully saturated rings. The van der Waals surface area contributed by atoms with Crippen molar-refractivity contribution in [3.63, 3.8) is 0 Å². The molecule has 158 valence electrons. The zero-order valence-electron chi connectivity index (χ0n) is 17.8. The Bertz CT molecular complexity index is 1480. The molecule has 0 N–H and O–H groups in total. The van der Waals surface area contributed by atoms with Crippen molar-refractivity contribution in [2.75, 3.05) is 6.61 Å². The highest BCUT2D eigenvalue weighted by Gasteiger charge is 2.26. The Morgan fingerprint density at radius 2 is 2.12 bits per heavy atom. The minimum atomic E-state index is 0.192. The van der Waals surface area contributed by atoms with E-state index in [0.29, 0.717) is 12.0 Å². The van der Waals surface area contributed by atoms with E-state index in [-0.39, 0.29) is 12.1 Å². The molecule has 5 heterocycles. The van der Waals surface area contributed by atoms with Crippen molar-refractivity contribution < 1.29 is 4.74 Å². The number of nitriles is 1. The molecule has 0 spiro atoms. The molecule has 1 aliphatic heterocycles. The van der Waals surface area contributed by atoms with Gasteiger partial charge in [-0.1, -0.05) is 6.07 Å². The molecule has 1 aliphatic rings. The number of rotatable bonds is 3. The molecule has 1 aromatic carbocycles. The lowest BCUT2D eigenvalue weighted by Gasteiger charge is -2.30. The fourth-order valence-electron chi connectivity index (χ4n) is 4.86. The number of pyridine rings is 2. The Morgan fingerprint density at radius 3 is 2.97 bits per heavy atom. The molecular formula is C25H22N6O. The fourth-order valence-corrected chi connectivity index (χ4v) is 4.86. The maximum Gasteiger partial charge on any atom is 0.136 e. The minimum absolute atomic E-state index is 0.192. The summed E-state index contributed by atoms with van der Waals surface area (Å²) in [6.07, 6.45) is 8.58. The SMILES string of the molecule is C[C@@H]1C[C@H](n2c(Cc3cn4ccccc4n3)nc3cnc4ccc(C#N)cc4c32)CCO1. The zero-order chi connectivity index (χ0) is 21.7. The number of ether oxygens (including phenoxy) is 1. The number of nitrogens with zero attached hydrogens (tertiary/aromatic N) is 6. The third-order valence-corrected chi connectivity index (χ3v) is 6.29. The Kier molecular flexibility index (Phi) is 4.40. The van der Waals surface area contributed by atoms with Crippen molar-refractivity contribution in [1.82, 2.24) is 23.9 Å². The first-order chi connectivity index (χ1) is 15.7. The summed E-state index contributed by atoms with van der Waals surface area (Å²) >= 11 is 0. The second-order valence-corrected chi connectivity index (χ2v) is 8.47. The van der Waals surface area contributed by atoms with Crippen LogP contribution in [-0.4, -0.2) is 36.6 Å². The molecule has 2 atom stereocenters. The van der Waals surface area contributed by atoms with E-state index >= 15 is 0 Å². The van der Waals surface area contributed by atoms with Crippen LogP contribution >= 0.6 is 0 Å². The Morgan fingerprint density at radius 1 is 1.19 bits per heavy atom. The molecule has 0 saturated carbocycles. The smallest absolute Gasteiger partial charge is 0.136 e. The third-order valence-electron chi connectivity index (χ3n) is 6.29. The van der Waals surface area contributed by atoms with Crippen LogP contribution in [0.3, 0.4) is 0 Å². The van der Waals surface area contributed by atoms with Gasteiger partial charge in [0, 0.05) is 36.8 Å². The van der Waals surface area contributed by atoms with Gasteiger partial charge in [-0.25, -0.2) is 9.97 Å². The summed E-state index contributed by atoms with van der Waals surface area (Å²) in [4.78, 5) is 14.4. The molecule has 0 aliphatic carbocycles. The van der Waals surface area contributed by atoms with E-state index in [9.17, 15) is 5.26 Å². The monoisotopic (exact) mass is 422 g/mol. The first-order valence-electron chi connectivity index (χ1n) is 10.9. The highest BCUT2D eigenvalue weighted by molar-refractivity contribution is 6.02. The van der Waals surface area contributed by atoms with Crippen molar-refractivity contribution in [1.29, 1.82) is 5.26 Å². The van der Waals surface area contributed by atoms with Crippen LogP contribution in [0.5, 0.6) is 0 Å². The first-order valence-corrected chi connectivity index (χ1v) is 10.9. The molecule has 5 aromatic rings. The van der Waals surface area contributed by atoms with Crippen LogP contribution in [0.25, 0.3) is 27.6 Å². The minimum Gasteiger partial charge on any atom is -0.378 e. The van der Waals surface area contributed by atoms with E-state index in [1.54, 1.807) is 0 Å². The largest absolute Gasteiger partial charge is 0.378 e. The Labute approximate surface area is 184 Å². The van der Waals surface area contributed by atoms with Crippen molar-refractivity contribution in [2.24, 2.45) is 0 Å². The normalized spacial score (nSPS) is 19.0. The molecule has 7 nitrogen and oxygen atoms in total. The third kappa shape index (κ3) is 3.12. The van der Waals surface area contributed by atoms with Crippen molar-refractivity contribution >= 4 is 27.6 Å². The quantitative estimate of drug-likeness (QED) is 0.429. The number of fused-ring (bicyclic) bond motifs is 4. The van der Waals surface area contributed by atoms with Crippen LogP contribution in [0.15, 0.2) is 55.0 Å². The molecule has 32 heavy (non-hydrogen) atoms. The highest BCUT2D eigenvalue weighted by Crippen LogP contribution is 2.34. The van der Waals surface area contributed by atoms with Crippen LogP contribution in [0, 0.1) is 11.3 Å². The summed E-state index contributed by atoms with van der Waals surface area (Å²) in [5, 5.41) is 10.4. The van der Waals surface area contributed by atoms with E-state index in [1.807, 2.05) is 53.2 Å². The van der Waals surface area contributed by atoms with E-state index in [1.165, 1.54) is 0 Å². The molecule has 1 saturated heterocycles. The molecule has 7 heteroatoms. The van der Waals surface area contributed by atoms with Crippen LogP contribution < -0.4 is 0 Å².